The molecule has 0 unspecified atom stereocenters. The number of aromatic nitrogens is 3. The molecule has 0 amide bonds. The van der Waals surface area contributed by atoms with Crippen molar-refractivity contribution in [3.8, 4) is 0 Å². The number of aryl methyl sites for hydroxylation is 1. The highest BCUT2D eigenvalue weighted by Gasteiger charge is 2.21. The lowest BCUT2D eigenvalue weighted by molar-refractivity contribution is 0.0599. The molecule has 2 aromatic heterocycles. The second-order valence-electron chi connectivity index (χ2n) is 7.31. The summed E-state index contributed by atoms with van der Waals surface area (Å²) in [5.41, 5.74) is 3.42. The first-order chi connectivity index (χ1) is 16.1. The Morgan fingerprint density at radius 1 is 1.21 bits per heavy atom. The van der Waals surface area contributed by atoms with Gasteiger partial charge >= 0.3 is 5.97 Å². The zero-order valence-electron chi connectivity index (χ0n) is 17.9. The quantitative estimate of drug-likeness (QED) is 0.268. The van der Waals surface area contributed by atoms with Gasteiger partial charge in [-0.2, -0.15) is 5.10 Å². The van der Waals surface area contributed by atoms with Crippen LogP contribution in [0.25, 0.3) is 5.52 Å². The molecule has 0 aliphatic carbocycles. The van der Waals surface area contributed by atoms with Crippen LogP contribution in [0, 0.1) is 5.82 Å². The molecule has 0 fully saturated rings. The number of carbonyl (C=O) groups is 1. The van der Waals surface area contributed by atoms with E-state index in [2.05, 4.69) is 15.4 Å². The van der Waals surface area contributed by atoms with E-state index in [0.29, 0.717) is 48.6 Å². The van der Waals surface area contributed by atoms with Gasteiger partial charge in [0.15, 0.2) is 5.82 Å². The summed E-state index contributed by atoms with van der Waals surface area (Å²) in [7, 11) is 1.34. The standard InChI is InChI=1S/C24H22ClFN4O3/c1-32-24(31)19-13-30-22(18(19)8-5-11-33-14-16-6-3-2-4-7-16)23(27-15-28-30)29-17-9-10-21(26)20(25)12-17/h2-4,6-7,9-10,12-13,15H,5,8,11,14H2,1H3,(H,27,28,29). The van der Waals surface area contributed by atoms with Crippen LogP contribution in [0.3, 0.4) is 0 Å². The summed E-state index contributed by atoms with van der Waals surface area (Å²) in [6, 6.07) is 14.2. The fourth-order valence-corrected chi connectivity index (χ4v) is 3.71. The Bertz CT molecular complexity index is 1260. The summed E-state index contributed by atoms with van der Waals surface area (Å²) >= 11 is 5.91. The smallest absolute Gasteiger partial charge is 0.339 e. The summed E-state index contributed by atoms with van der Waals surface area (Å²) < 4.78 is 25.9. The first-order valence-corrected chi connectivity index (χ1v) is 10.7. The molecule has 0 saturated heterocycles. The van der Waals surface area contributed by atoms with E-state index in [9.17, 15) is 9.18 Å². The second kappa shape index (κ2) is 10.4. The van der Waals surface area contributed by atoms with E-state index in [0.717, 1.165) is 11.1 Å². The number of fused-ring (bicyclic) bond motifs is 1. The molecule has 4 rings (SSSR count). The Morgan fingerprint density at radius 3 is 2.79 bits per heavy atom. The molecule has 9 heteroatoms. The Labute approximate surface area is 195 Å². The number of rotatable bonds is 9. The summed E-state index contributed by atoms with van der Waals surface area (Å²) in [6.45, 7) is 1.03. The van der Waals surface area contributed by atoms with Crippen molar-refractivity contribution in [3.05, 3.63) is 88.6 Å². The molecule has 0 radical (unpaired) electrons. The van der Waals surface area contributed by atoms with Gasteiger partial charge in [-0.15, -0.1) is 0 Å². The molecule has 2 aromatic carbocycles. The molecule has 33 heavy (non-hydrogen) atoms. The van der Waals surface area contributed by atoms with E-state index in [-0.39, 0.29) is 5.02 Å². The molecule has 2 heterocycles. The zero-order chi connectivity index (χ0) is 23.2. The number of methoxy groups -OCH3 is 1. The maximum atomic E-state index is 13.5. The van der Waals surface area contributed by atoms with Crippen LogP contribution in [-0.4, -0.2) is 34.3 Å². The molecule has 0 aliphatic heterocycles. The van der Waals surface area contributed by atoms with E-state index < -0.39 is 11.8 Å². The lowest BCUT2D eigenvalue weighted by Gasteiger charge is -2.10. The highest BCUT2D eigenvalue weighted by Crippen LogP contribution is 2.29. The minimum absolute atomic E-state index is 0.00787. The summed E-state index contributed by atoms with van der Waals surface area (Å²) in [6.07, 6.45) is 4.20. The average molecular weight is 469 g/mol. The molecular formula is C24H22ClFN4O3. The van der Waals surface area contributed by atoms with E-state index in [1.165, 1.54) is 25.6 Å². The second-order valence-corrected chi connectivity index (χ2v) is 7.72. The summed E-state index contributed by atoms with van der Waals surface area (Å²) in [5, 5.41) is 7.37. The van der Waals surface area contributed by atoms with Gasteiger partial charge in [0.05, 0.1) is 24.3 Å². The highest BCUT2D eigenvalue weighted by atomic mass is 35.5. The van der Waals surface area contributed by atoms with Crippen LogP contribution in [-0.2, 0) is 22.5 Å². The lowest BCUT2D eigenvalue weighted by atomic mass is 10.1. The molecule has 0 saturated carbocycles. The third-order valence-corrected chi connectivity index (χ3v) is 5.38. The van der Waals surface area contributed by atoms with Crippen LogP contribution in [0.2, 0.25) is 5.02 Å². The number of esters is 1. The third-order valence-electron chi connectivity index (χ3n) is 5.09. The van der Waals surface area contributed by atoms with Crippen LogP contribution in [0.1, 0.15) is 27.9 Å². The predicted molar refractivity (Wildman–Crippen MR) is 123 cm³/mol. The predicted octanol–water partition coefficient (Wildman–Crippen LogP) is 5.20. The molecule has 0 spiro atoms. The molecule has 1 N–H and O–H groups in total. The monoisotopic (exact) mass is 468 g/mol. The van der Waals surface area contributed by atoms with Crippen LogP contribution in [0.4, 0.5) is 15.9 Å². The van der Waals surface area contributed by atoms with E-state index in [1.807, 2.05) is 30.3 Å². The Balaban J connectivity index is 1.57. The lowest BCUT2D eigenvalue weighted by Crippen LogP contribution is -2.05. The van der Waals surface area contributed by atoms with Crippen molar-refractivity contribution >= 4 is 34.6 Å². The van der Waals surface area contributed by atoms with Crippen LogP contribution in [0.15, 0.2) is 61.1 Å². The topological polar surface area (TPSA) is 77.8 Å². The fourth-order valence-electron chi connectivity index (χ4n) is 3.53. The Kier molecular flexibility index (Phi) is 7.16. The minimum atomic E-state index is -0.512. The molecule has 170 valence electrons. The van der Waals surface area contributed by atoms with E-state index >= 15 is 0 Å². The van der Waals surface area contributed by atoms with Crippen molar-refractivity contribution in [1.82, 2.24) is 14.6 Å². The number of benzene rings is 2. The van der Waals surface area contributed by atoms with Crippen molar-refractivity contribution in [2.45, 2.75) is 19.4 Å². The number of anilines is 2. The first kappa shape index (κ1) is 22.7. The maximum absolute atomic E-state index is 13.5. The number of hydrogen-bond donors (Lipinski definition) is 1. The van der Waals surface area contributed by atoms with Gasteiger partial charge < -0.3 is 14.8 Å². The van der Waals surface area contributed by atoms with Crippen molar-refractivity contribution in [1.29, 1.82) is 0 Å². The van der Waals surface area contributed by atoms with Crippen molar-refractivity contribution in [3.63, 3.8) is 0 Å². The summed E-state index contributed by atoms with van der Waals surface area (Å²) in [5.74, 6) is -0.513. The zero-order valence-corrected chi connectivity index (χ0v) is 18.7. The van der Waals surface area contributed by atoms with Gasteiger partial charge in [-0.1, -0.05) is 41.9 Å². The van der Waals surface area contributed by atoms with Crippen LogP contribution >= 0.6 is 11.6 Å². The third kappa shape index (κ3) is 5.30. The number of ether oxygens (including phenoxy) is 2. The number of hydrogen-bond acceptors (Lipinski definition) is 6. The normalized spacial score (nSPS) is 11.0. The van der Waals surface area contributed by atoms with E-state index in [4.69, 9.17) is 21.1 Å². The maximum Gasteiger partial charge on any atom is 0.339 e. The van der Waals surface area contributed by atoms with Crippen LogP contribution in [0.5, 0.6) is 0 Å². The molecular weight excluding hydrogens is 447 g/mol. The van der Waals surface area contributed by atoms with Gasteiger partial charge in [0.2, 0.25) is 0 Å². The van der Waals surface area contributed by atoms with Gasteiger partial charge in [0, 0.05) is 18.5 Å². The van der Waals surface area contributed by atoms with Gasteiger partial charge in [0.25, 0.3) is 0 Å². The van der Waals surface area contributed by atoms with Crippen molar-refractivity contribution in [2.75, 3.05) is 19.0 Å². The van der Waals surface area contributed by atoms with Gasteiger partial charge in [-0.25, -0.2) is 18.7 Å². The molecule has 4 aromatic rings. The fraction of sp³-hybridized carbons (Fsp3) is 0.208. The molecule has 0 atom stereocenters. The minimum Gasteiger partial charge on any atom is -0.465 e. The van der Waals surface area contributed by atoms with Crippen LogP contribution < -0.4 is 5.32 Å². The number of halogens is 2. The van der Waals surface area contributed by atoms with Gasteiger partial charge in [0.1, 0.15) is 17.7 Å². The van der Waals surface area contributed by atoms with Gasteiger partial charge in [-0.05, 0) is 42.2 Å². The number of nitrogens with one attached hydrogen (secondary N) is 1. The Hall–Kier alpha value is -3.49. The molecule has 0 aliphatic rings. The van der Waals surface area contributed by atoms with E-state index in [1.54, 1.807) is 16.8 Å². The summed E-state index contributed by atoms with van der Waals surface area (Å²) in [4.78, 5) is 16.8. The number of nitrogens with zero attached hydrogens (tertiary/aromatic N) is 3. The molecule has 7 nitrogen and oxygen atoms in total. The molecule has 0 bridgehead atoms. The van der Waals surface area contributed by atoms with Crippen molar-refractivity contribution in [2.24, 2.45) is 0 Å². The average Bonchev–Trinajstić information content (AvgIpc) is 3.21. The Morgan fingerprint density at radius 2 is 2.03 bits per heavy atom. The van der Waals surface area contributed by atoms with Gasteiger partial charge in [-0.3, -0.25) is 0 Å². The number of carbonyl (C=O) groups excluding carboxylic acids is 1. The highest BCUT2D eigenvalue weighted by molar-refractivity contribution is 6.31. The van der Waals surface area contributed by atoms with Crippen molar-refractivity contribution < 1.29 is 18.7 Å². The largest absolute Gasteiger partial charge is 0.465 e. The SMILES string of the molecule is COC(=O)c1cn2ncnc(Nc3ccc(F)c(Cl)c3)c2c1CCCOCc1ccccc1. The first-order valence-electron chi connectivity index (χ1n) is 10.3.